The van der Waals surface area contributed by atoms with Gasteiger partial charge in [0.1, 0.15) is 47.4 Å². The Kier molecular flexibility index (Phi) is 4.71. The normalized spacial score (nSPS) is 29.3. The van der Waals surface area contributed by atoms with E-state index in [2.05, 4.69) is 0 Å². The van der Waals surface area contributed by atoms with E-state index in [1.54, 1.807) is 12.1 Å². The molecule has 1 saturated heterocycles. The molecule has 5 atom stereocenters. The van der Waals surface area contributed by atoms with Crippen molar-refractivity contribution in [1.82, 2.24) is 0 Å². The second kappa shape index (κ2) is 6.79. The van der Waals surface area contributed by atoms with Crippen molar-refractivity contribution < 1.29 is 34.3 Å². The van der Waals surface area contributed by atoms with E-state index < -0.39 is 42.9 Å². The van der Waals surface area contributed by atoms with Gasteiger partial charge in [0.05, 0.1) is 6.61 Å². The first-order chi connectivity index (χ1) is 11.9. The molecule has 0 unspecified atom stereocenters. The van der Waals surface area contributed by atoms with Crippen LogP contribution in [-0.4, -0.2) is 57.7 Å². The molecule has 1 fully saturated rings. The van der Waals surface area contributed by atoms with Crippen LogP contribution < -0.4 is 10.4 Å². The minimum absolute atomic E-state index is 0.130. The largest absolute Gasteiger partial charge is 0.462 e. The standard InChI is InChI=1S/C16H15NO8/c17-5-8-3-7-1-2-9(4-10(7)24-15(8)22)23-16-14(21)13(20)12(19)11(6-18)25-16/h1-4,11-14,16,18-21H,6H2/t11-,12+,13+,14-,16-/m1/s1. The van der Waals surface area contributed by atoms with Gasteiger partial charge in [-0.3, -0.25) is 0 Å². The Bertz CT molecular complexity index is 871. The summed E-state index contributed by atoms with van der Waals surface area (Å²) in [5.74, 6) is 0.157. The van der Waals surface area contributed by atoms with Gasteiger partial charge in [-0.05, 0) is 18.2 Å². The number of rotatable bonds is 3. The number of fused-ring (bicyclic) bond motifs is 1. The van der Waals surface area contributed by atoms with Gasteiger partial charge in [-0.25, -0.2) is 4.79 Å². The average Bonchev–Trinajstić information content (AvgIpc) is 2.61. The molecule has 4 N–H and O–H groups in total. The van der Waals surface area contributed by atoms with Crippen LogP contribution >= 0.6 is 0 Å². The van der Waals surface area contributed by atoms with Crippen LogP contribution in [0.15, 0.2) is 33.5 Å². The van der Waals surface area contributed by atoms with Crippen LogP contribution in [-0.2, 0) is 4.74 Å². The van der Waals surface area contributed by atoms with Crippen LogP contribution in [0, 0.1) is 11.3 Å². The highest BCUT2D eigenvalue weighted by Crippen LogP contribution is 2.26. The van der Waals surface area contributed by atoms with Crippen molar-refractivity contribution in [2.45, 2.75) is 30.7 Å². The van der Waals surface area contributed by atoms with Crippen molar-refractivity contribution in [3.05, 3.63) is 40.2 Å². The van der Waals surface area contributed by atoms with Gasteiger partial charge in [-0.2, -0.15) is 5.26 Å². The Balaban J connectivity index is 1.87. The Labute approximate surface area is 140 Å². The molecule has 132 valence electrons. The van der Waals surface area contributed by atoms with Crippen molar-refractivity contribution in [2.75, 3.05) is 6.61 Å². The lowest BCUT2D eigenvalue weighted by molar-refractivity contribution is -0.277. The first-order valence-electron chi connectivity index (χ1n) is 7.40. The van der Waals surface area contributed by atoms with Gasteiger partial charge in [0.2, 0.25) is 6.29 Å². The monoisotopic (exact) mass is 349 g/mol. The molecule has 1 aromatic heterocycles. The fourth-order valence-corrected chi connectivity index (χ4v) is 2.54. The second-order valence-electron chi connectivity index (χ2n) is 5.57. The van der Waals surface area contributed by atoms with Crippen LogP contribution in [0.2, 0.25) is 0 Å². The highest BCUT2D eigenvalue weighted by molar-refractivity contribution is 5.79. The highest BCUT2D eigenvalue weighted by atomic mass is 16.7. The lowest BCUT2D eigenvalue weighted by atomic mass is 9.99. The van der Waals surface area contributed by atoms with E-state index in [4.69, 9.17) is 24.3 Å². The quantitative estimate of drug-likeness (QED) is 0.503. The molecule has 2 heterocycles. The van der Waals surface area contributed by atoms with Gasteiger partial charge < -0.3 is 34.3 Å². The fraction of sp³-hybridized carbons (Fsp3) is 0.375. The molecule has 9 nitrogen and oxygen atoms in total. The smallest absolute Gasteiger partial charge is 0.354 e. The van der Waals surface area contributed by atoms with Crippen LogP contribution in [0.25, 0.3) is 11.0 Å². The topological polar surface area (TPSA) is 153 Å². The summed E-state index contributed by atoms with van der Waals surface area (Å²) in [6, 6.07) is 7.49. The molecule has 0 saturated carbocycles. The molecule has 0 radical (unpaired) electrons. The number of aliphatic hydroxyl groups excluding tert-OH is 4. The SMILES string of the molecule is N#Cc1cc2ccc(O[C@@H]3O[C@H](CO)[C@H](O)[C@H](O)[C@H]3O)cc2oc1=O. The van der Waals surface area contributed by atoms with Crippen LogP contribution in [0.4, 0.5) is 0 Å². The summed E-state index contributed by atoms with van der Waals surface area (Å²) < 4.78 is 15.7. The van der Waals surface area contributed by atoms with Crippen molar-refractivity contribution in [2.24, 2.45) is 0 Å². The number of ether oxygens (including phenoxy) is 2. The Morgan fingerprint density at radius 1 is 1.16 bits per heavy atom. The lowest BCUT2D eigenvalue weighted by Gasteiger charge is -2.39. The van der Waals surface area contributed by atoms with Crippen LogP contribution in [0.3, 0.4) is 0 Å². The molecule has 1 aliphatic rings. The van der Waals surface area contributed by atoms with Gasteiger partial charge in [-0.1, -0.05) is 0 Å². The van der Waals surface area contributed by atoms with E-state index in [0.29, 0.717) is 5.39 Å². The second-order valence-corrected chi connectivity index (χ2v) is 5.57. The summed E-state index contributed by atoms with van der Waals surface area (Å²) in [5.41, 5.74) is -0.763. The van der Waals surface area contributed by atoms with E-state index in [9.17, 15) is 20.1 Å². The molecular weight excluding hydrogens is 334 g/mol. The molecule has 0 bridgehead atoms. The minimum Gasteiger partial charge on any atom is -0.462 e. The van der Waals surface area contributed by atoms with Gasteiger partial charge in [0.15, 0.2) is 0 Å². The zero-order valence-corrected chi connectivity index (χ0v) is 12.8. The Morgan fingerprint density at radius 2 is 1.92 bits per heavy atom. The summed E-state index contributed by atoms with van der Waals surface area (Å²) in [5, 5.41) is 47.9. The third kappa shape index (κ3) is 3.21. The number of hydrogen-bond donors (Lipinski definition) is 4. The molecule has 25 heavy (non-hydrogen) atoms. The molecule has 9 heteroatoms. The molecular formula is C16H15NO8. The van der Waals surface area contributed by atoms with E-state index in [0.717, 1.165) is 0 Å². The predicted octanol–water partition coefficient (Wildman–Crippen LogP) is -1.16. The molecule has 1 aromatic carbocycles. The van der Waals surface area contributed by atoms with Gasteiger partial charge in [-0.15, -0.1) is 0 Å². The van der Waals surface area contributed by atoms with Gasteiger partial charge >= 0.3 is 5.63 Å². The molecule has 0 amide bonds. The predicted molar refractivity (Wildman–Crippen MR) is 81.6 cm³/mol. The maximum absolute atomic E-state index is 11.6. The minimum atomic E-state index is -1.56. The van der Waals surface area contributed by atoms with Crippen molar-refractivity contribution >= 4 is 11.0 Å². The van der Waals surface area contributed by atoms with Gasteiger partial charge in [0.25, 0.3) is 0 Å². The number of nitriles is 1. The van der Waals surface area contributed by atoms with E-state index in [-0.39, 0.29) is 16.9 Å². The summed E-state index contributed by atoms with van der Waals surface area (Å²) >= 11 is 0. The van der Waals surface area contributed by atoms with Crippen molar-refractivity contribution in [3.63, 3.8) is 0 Å². The number of nitrogens with zero attached hydrogens (tertiary/aromatic N) is 1. The van der Waals surface area contributed by atoms with Crippen molar-refractivity contribution in [1.29, 1.82) is 5.26 Å². The van der Waals surface area contributed by atoms with Crippen molar-refractivity contribution in [3.8, 4) is 11.8 Å². The fourth-order valence-electron chi connectivity index (χ4n) is 2.54. The maximum atomic E-state index is 11.6. The lowest BCUT2D eigenvalue weighted by Crippen LogP contribution is -2.60. The van der Waals surface area contributed by atoms with Gasteiger partial charge in [0, 0.05) is 11.5 Å². The van der Waals surface area contributed by atoms with Crippen LogP contribution in [0.5, 0.6) is 5.75 Å². The Hall–Kier alpha value is -2.48. The first kappa shape index (κ1) is 17.3. The third-order valence-corrected chi connectivity index (χ3v) is 3.93. The average molecular weight is 349 g/mol. The molecule has 3 rings (SSSR count). The zero-order chi connectivity index (χ0) is 18.1. The molecule has 2 aromatic rings. The molecule has 0 aliphatic carbocycles. The number of benzene rings is 1. The number of aliphatic hydroxyl groups is 4. The maximum Gasteiger partial charge on any atom is 0.354 e. The molecule has 0 spiro atoms. The Morgan fingerprint density at radius 3 is 2.60 bits per heavy atom. The van der Waals surface area contributed by atoms with E-state index >= 15 is 0 Å². The molecule has 1 aliphatic heterocycles. The van der Waals surface area contributed by atoms with E-state index in [1.165, 1.54) is 18.2 Å². The third-order valence-electron chi connectivity index (χ3n) is 3.93. The highest BCUT2D eigenvalue weighted by Gasteiger charge is 2.44. The first-order valence-corrected chi connectivity index (χ1v) is 7.40. The summed E-state index contributed by atoms with van der Waals surface area (Å²) in [6.07, 6.45) is -7.05. The zero-order valence-electron chi connectivity index (χ0n) is 12.8. The summed E-state index contributed by atoms with van der Waals surface area (Å²) in [6.45, 7) is -0.575. The summed E-state index contributed by atoms with van der Waals surface area (Å²) in [4.78, 5) is 11.6. The van der Waals surface area contributed by atoms with Crippen LogP contribution in [0.1, 0.15) is 5.56 Å². The number of hydrogen-bond acceptors (Lipinski definition) is 9. The van der Waals surface area contributed by atoms with E-state index in [1.807, 2.05) is 0 Å². The summed E-state index contributed by atoms with van der Waals surface area (Å²) in [7, 11) is 0.